The highest BCUT2D eigenvalue weighted by atomic mass is 16.5. The van der Waals surface area contributed by atoms with Crippen molar-refractivity contribution in [3.63, 3.8) is 0 Å². The fourth-order valence-electron chi connectivity index (χ4n) is 4.14. The Kier molecular flexibility index (Phi) is 3.49. The van der Waals surface area contributed by atoms with Gasteiger partial charge in [-0.3, -0.25) is 9.78 Å². The highest BCUT2D eigenvalue weighted by molar-refractivity contribution is 5.97. The molecule has 2 aliphatic carbocycles. The molecule has 3 nitrogen and oxygen atoms in total. The van der Waals surface area contributed by atoms with Gasteiger partial charge >= 0.3 is 0 Å². The molecule has 1 fully saturated rings. The standard InChI is InChI=1S/C20H19NO2/c1-23-16-9-7-13(8-10-16)18-14-5-6-15(12-14)19(18)20(22)17-4-2-3-11-21-17/h2-11,14-15,18-19H,12H2,1H3/t14?,15?,18-,19-/m1/s1. The minimum Gasteiger partial charge on any atom is -0.497 e. The first kappa shape index (κ1) is 14.2. The molecule has 0 spiro atoms. The Morgan fingerprint density at radius 2 is 1.87 bits per heavy atom. The van der Waals surface area contributed by atoms with Crippen molar-refractivity contribution in [2.24, 2.45) is 17.8 Å². The van der Waals surface area contributed by atoms with Crippen molar-refractivity contribution in [3.8, 4) is 5.75 Å². The minimum absolute atomic E-state index is 0.00621. The summed E-state index contributed by atoms with van der Waals surface area (Å²) < 4.78 is 5.25. The van der Waals surface area contributed by atoms with Gasteiger partial charge in [-0.05, 0) is 48.1 Å². The topological polar surface area (TPSA) is 39.2 Å². The van der Waals surface area contributed by atoms with Crippen LogP contribution in [0.5, 0.6) is 5.75 Å². The van der Waals surface area contributed by atoms with E-state index < -0.39 is 0 Å². The second kappa shape index (κ2) is 5.65. The summed E-state index contributed by atoms with van der Waals surface area (Å²) in [5, 5.41) is 0. The zero-order valence-corrected chi connectivity index (χ0v) is 13.1. The number of Topliss-reactive ketones (excluding diaryl/α,β-unsaturated/α-hetero) is 1. The number of aromatic nitrogens is 1. The van der Waals surface area contributed by atoms with E-state index >= 15 is 0 Å². The fourth-order valence-corrected chi connectivity index (χ4v) is 4.14. The summed E-state index contributed by atoms with van der Waals surface area (Å²) in [6.07, 6.45) is 7.26. The number of rotatable bonds is 4. The molecule has 4 rings (SSSR count). The number of allylic oxidation sites excluding steroid dienone is 2. The van der Waals surface area contributed by atoms with Crippen LogP contribution in [0.4, 0.5) is 0 Å². The number of benzene rings is 1. The summed E-state index contributed by atoms with van der Waals surface area (Å²) in [6.45, 7) is 0. The van der Waals surface area contributed by atoms with Crippen LogP contribution in [0, 0.1) is 17.8 Å². The number of hydrogen-bond acceptors (Lipinski definition) is 3. The molecule has 2 aliphatic rings. The Bertz CT molecular complexity index is 736. The molecule has 0 amide bonds. The molecule has 0 saturated heterocycles. The molecule has 23 heavy (non-hydrogen) atoms. The highest BCUT2D eigenvalue weighted by Gasteiger charge is 2.48. The average Bonchev–Trinajstić information content (AvgIpc) is 3.23. The number of carbonyl (C=O) groups excluding carboxylic acids is 1. The van der Waals surface area contributed by atoms with Gasteiger partial charge in [0.2, 0.25) is 0 Å². The Hall–Kier alpha value is -2.42. The van der Waals surface area contributed by atoms with Gasteiger partial charge in [-0.15, -0.1) is 0 Å². The van der Waals surface area contributed by atoms with Crippen LogP contribution in [-0.2, 0) is 0 Å². The lowest BCUT2D eigenvalue weighted by Crippen LogP contribution is -2.27. The van der Waals surface area contributed by atoms with Crippen LogP contribution in [0.25, 0.3) is 0 Å². The van der Waals surface area contributed by atoms with E-state index in [1.54, 1.807) is 13.3 Å². The molecular weight excluding hydrogens is 286 g/mol. The van der Waals surface area contributed by atoms with Crippen LogP contribution in [0.1, 0.15) is 28.4 Å². The van der Waals surface area contributed by atoms with Crippen LogP contribution >= 0.6 is 0 Å². The van der Waals surface area contributed by atoms with Gasteiger partial charge in [-0.25, -0.2) is 0 Å². The third kappa shape index (κ3) is 2.37. The quantitative estimate of drug-likeness (QED) is 0.635. The number of methoxy groups -OCH3 is 1. The number of ketones is 1. The number of nitrogens with zero attached hydrogens (tertiary/aromatic N) is 1. The number of pyridine rings is 1. The van der Waals surface area contributed by atoms with Gasteiger partial charge in [-0.1, -0.05) is 30.4 Å². The number of hydrogen-bond donors (Lipinski definition) is 0. The first-order valence-electron chi connectivity index (χ1n) is 8.05. The molecule has 2 bridgehead atoms. The summed E-state index contributed by atoms with van der Waals surface area (Å²) in [4.78, 5) is 17.3. The van der Waals surface area contributed by atoms with Gasteiger partial charge in [0.1, 0.15) is 11.4 Å². The minimum atomic E-state index is -0.00621. The maximum absolute atomic E-state index is 13.0. The van der Waals surface area contributed by atoms with Crippen molar-refractivity contribution in [3.05, 3.63) is 72.1 Å². The van der Waals surface area contributed by atoms with E-state index in [9.17, 15) is 4.79 Å². The molecule has 1 aromatic heterocycles. The zero-order valence-electron chi connectivity index (χ0n) is 13.1. The average molecular weight is 305 g/mol. The van der Waals surface area contributed by atoms with Crippen LogP contribution < -0.4 is 4.74 Å². The van der Waals surface area contributed by atoms with E-state index in [-0.39, 0.29) is 17.6 Å². The second-order valence-corrected chi connectivity index (χ2v) is 6.35. The van der Waals surface area contributed by atoms with Gasteiger partial charge in [0.15, 0.2) is 5.78 Å². The molecular formula is C20H19NO2. The van der Waals surface area contributed by atoms with Gasteiger partial charge in [0.05, 0.1) is 7.11 Å². The number of carbonyl (C=O) groups is 1. The van der Waals surface area contributed by atoms with Crippen LogP contribution in [0.2, 0.25) is 0 Å². The summed E-state index contributed by atoms with van der Waals surface area (Å²) in [5.41, 5.74) is 1.80. The van der Waals surface area contributed by atoms with Crippen molar-refractivity contribution in [1.82, 2.24) is 4.98 Å². The third-order valence-corrected chi connectivity index (χ3v) is 5.18. The summed E-state index contributed by atoms with van der Waals surface area (Å²) in [6, 6.07) is 13.7. The van der Waals surface area contributed by atoms with Crippen molar-refractivity contribution in [2.75, 3.05) is 7.11 Å². The first-order chi connectivity index (χ1) is 11.3. The molecule has 1 aromatic carbocycles. The maximum atomic E-state index is 13.0. The largest absolute Gasteiger partial charge is 0.497 e. The number of fused-ring (bicyclic) bond motifs is 2. The van der Waals surface area contributed by atoms with Crippen LogP contribution in [0.15, 0.2) is 60.8 Å². The number of ether oxygens (including phenoxy) is 1. The molecule has 0 aliphatic heterocycles. The first-order valence-corrected chi connectivity index (χ1v) is 8.05. The molecule has 4 atom stereocenters. The molecule has 2 aromatic rings. The molecule has 1 heterocycles. The van der Waals surface area contributed by atoms with Crippen LogP contribution in [-0.4, -0.2) is 17.9 Å². The van der Waals surface area contributed by atoms with Crippen molar-refractivity contribution >= 4 is 5.78 Å². The normalized spacial score (nSPS) is 28.0. The van der Waals surface area contributed by atoms with E-state index in [0.717, 1.165) is 12.2 Å². The zero-order chi connectivity index (χ0) is 15.8. The fraction of sp³-hybridized carbons (Fsp3) is 0.300. The third-order valence-electron chi connectivity index (χ3n) is 5.18. The monoisotopic (exact) mass is 305 g/mol. The van der Waals surface area contributed by atoms with Gasteiger partial charge in [0, 0.05) is 18.0 Å². The lowest BCUT2D eigenvalue weighted by Gasteiger charge is -2.27. The SMILES string of the molecule is COc1ccc([C@@H]2C3C=CC(C3)[C@H]2C(=O)c2ccccn2)cc1. The van der Waals surface area contributed by atoms with Crippen molar-refractivity contribution < 1.29 is 9.53 Å². The maximum Gasteiger partial charge on any atom is 0.185 e. The van der Waals surface area contributed by atoms with Gasteiger partial charge in [0.25, 0.3) is 0 Å². The predicted octanol–water partition coefficient (Wildman–Crippen LogP) is 3.88. The molecule has 116 valence electrons. The van der Waals surface area contributed by atoms with E-state index in [1.165, 1.54) is 5.56 Å². The summed E-state index contributed by atoms with van der Waals surface area (Å²) >= 11 is 0. The lowest BCUT2D eigenvalue weighted by atomic mass is 9.75. The van der Waals surface area contributed by atoms with Crippen molar-refractivity contribution in [2.45, 2.75) is 12.3 Å². The molecule has 2 unspecified atom stereocenters. The van der Waals surface area contributed by atoms with E-state index in [0.29, 0.717) is 17.5 Å². The second-order valence-electron chi connectivity index (χ2n) is 6.35. The van der Waals surface area contributed by atoms with E-state index in [4.69, 9.17) is 4.74 Å². The predicted molar refractivity (Wildman–Crippen MR) is 88.5 cm³/mol. The lowest BCUT2D eigenvalue weighted by molar-refractivity contribution is 0.0881. The Morgan fingerprint density at radius 1 is 1.09 bits per heavy atom. The van der Waals surface area contributed by atoms with Crippen LogP contribution in [0.3, 0.4) is 0 Å². The van der Waals surface area contributed by atoms with Gasteiger partial charge in [-0.2, -0.15) is 0 Å². The van der Waals surface area contributed by atoms with Crippen molar-refractivity contribution in [1.29, 1.82) is 0 Å². The molecule has 0 N–H and O–H groups in total. The highest BCUT2D eigenvalue weighted by Crippen LogP contribution is 2.53. The molecule has 1 saturated carbocycles. The molecule has 0 radical (unpaired) electrons. The Labute approximate surface area is 136 Å². The smallest absolute Gasteiger partial charge is 0.185 e. The van der Waals surface area contributed by atoms with E-state index in [2.05, 4.69) is 29.3 Å². The molecule has 3 heteroatoms. The Morgan fingerprint density at radius 3 is 2.57 bits per heavy atom. The van der Waals surface area contributed by atoms with E-state index in [1.807, 2.05) is 30.3 Å². The Balaban J connectivity index is 1.69. The summed E-state index contributed by atoms with van der Waals surface area (Å²) in [5.74, 6) is 2.04. The summed E-state index contributed by atoms with van der Waals surface area (Å²) in [7, 11) is 1.67. The van der Waals surface area contributed by atoms with Gasteiger partial charge < -0.3 is 4.74 Å².